The van der Waals surface area contributed by atoms with Crippen LogP contribution in [0.25, 0.3) is 0 Å². The zero-order chi connectivity index (χ0) is 9.97. The number of carbonyl (C=O) groups is 1. The highest BCUT2D eigenvalue weighted by Gasteiger charge is 2.18. The number of carbonyl (C=O) groups excluding carboxylic acids is 1. The normalized spacial score (nSPS) is 21.0. The van der Waals surface area contributed by atoms with Crippen molar-refractivity contribution in [2.45, 2.75) is 12.5 Å². The maximum absolute atomic E-state index is 11.7. The predicted octanol–water partition coefficient (Wildman–Crippen LogP) is 0.622. The summed E-state index contributed by atoms with van der Waals surface area (Å²) in [6.07, 6.45) is 3.13. The van der Waals surface area contributed by atoms with Crippen molar-refractivity contribution in [2.24, 2.45) is 0 Å². The first-order chi connectivity index (χ1) is 6.83. The van der Waals surface area contributed by atoms with Gasteiger partial charge in [0.15, 0.2) is 6.29 Å². The van der Waals surface area contributed by atoms with Crippen molar-refractivity contribution < 1.29 is 9.53 Å². The molecule has 4 heteroatoms. The molecule has 1 aromatic heterocycles. The van der Waals surface area contributed by atoms with Crippen LogP contribution in [0, 0.1) is 0 Å². The smallest absolute Gasteiger partial charge is 0.261 e. The van der Waals surface area contributed by atoms with Crippen molar-refractivity contribution in [2.75, 3.05) is 13.2 Å². The van der Waals surface area contributed by atoms with Gasteiger partial charge < -0.3 is 9.30 Å². The molecular formula is C10H11NO3. The molecule has 1 aliphatic heterocycles. The van der Waals surface area contributed by atoms with Crippen LogP contribution < -0.4 is 5.56 Å². The summed E-state index contributed by atoms with van der Waals surface area (Å²) in [4.78, 5) is 22.2. The number of pyridine rings is 1. The maximum atomic E-state index is 11.7. The second kappa shape index (κ2) is 3.75. The molecule has 1 fully saturated rings. The molecule has 1 atom stereocenters. The second-order valence-corrected chi connectivity index (χ2v) is 3.31. The van der Waals surface area contributed by atoms with Crippen LogP contribution in [0.15, 0.2) is 23.1 Å². The number of hydrogen-bond acceptors (Lipinski definition) is 3. The third kappa shape index (κ3) is 1.48. The van der Waals surface area contributed by atoms with Crippen LogP contribution in [0.2, 0.25) is 0 Å². The summed E-state index contributed by atoms with van der Waals surface area (Å²) in [5, 5.41) is 0. The van der Waals surface area contributed by atoms with Gasteiger partial charge in [-0.2, -0.15) is 0 Å². The van der Waals surface area contributed by atoms with Gasteiger partial charge in [0.25, 0.3) is 5.56 Å². The van der Waals surface area contributed by atoms with Crippen LogP contribution in [0.5, 0.6) is 0 Å². The van der Waals surface area contributed by atoms with Gasteiger partial charge in [0.2, 0.25) is 0 Å². The van der Waals surface area contributed by atoms with Gasteiger partial charge in [0.05, 0.1) is 18.2 Å². The lowest BCUT2D eigenvalue weighted by molar-refractivity contribution is 0.112. The van der Waals surface area contributed by atoms with Gasteiger partial charge in [-0.1, -0.05) is 0 Å². The lowest BCUT2D eigenvalue weighted by atomic mass is 10.2. The number of hydrogen-bond donors (Lipinski definition) is 0. The van der Waals surface area contributed by atoms with Crippen LogP contribution in [0.3, 0.4) is 0 Å². The van der Waals surface area contributed by atoms with E-state index in [2.05, 4.69) is 0 Å². The van der Waals surface area contributed by atoms with E-state index in [1.165, 1.54) is 6.07 Å². The van der Waals surface area contributed by atoms with Crippen LogP contribution in [-0.2, 0) is 4.74 Å². The van der Waals surface area contributed by atoms with Crippen LogP contribution in [0.1, 0.15) is 22.8 Å². The highest BCUT2D eigenvalue weighted by Crippen LogP contribution is 2.16. The summed E-state index contributed by atoms with van der Waals surface area (Å²) >= 11 is 0. The Morgan fingerprint density at radius 3 is 3.07 bits per heavy atom. The Balaban J connectivity index is 2.42. The highest BCUT2D eigenvalue weighted by atomic mass is 16.5. The third-order valence-electron chi connectivity index (χ3n) is 2.43. The van der Waals surface area contributed by atoms with Gasteiger partial charge in [-0.3, -0.25) is 9.59 Å². The molecular weight excluding hydrogens is 182 g/mol. The maximum Gasteiger partial charge on any atom is 0.261 e. The van der Waals surface area contributed by atoms with E-state index in [9.17, 15) is 9.59 Å². The molecule has 0 bridgehead atoms. The number of aromatic nitrogens is 1. The summed E-state index contributed by atoms with van der Waals surface area (Å²) in [5.41, 5.74) is -0.0163. The SMILES string of the molecule is O=Cc1cccn([C@@H]2CCOC2)c1=O. The zero-order valence-corrected chi connectivity index (χ0v) is 7.68. The Hall–Kier alpha value is -1.42. The first-order valence-electron chi connectivity index (χ1n) is 4.57. The Morgan fingerprint density at radius 2 is 2.43 bits per heavy atom. The van der Waals surface area contributed by atoms with Crippen LogP contribution >= 0.6 is 0 Å². The molecule has 4 nitrogen and oxygen atoms in total. The van der Waals surface area contributed by atoms with Crippen molar-refractivity contribution in [3.05, 3.63) is 34.2 Å². The van der Waals surface area contributed by atoms with Crippen molar-refractivity contribution in [1.82, 2.24) is 4.57 Å². The van der Waals surface area contributed by atoms with E-state index >= 15 is 0 Å². The van der Waals surface area contributed by atoms with Crippen LogP contribution in [-0.4, -0.2) is 24.1 Å². The molecule has 0 unspecified atom stereocenters. The molecule has 1 saturated heterocycles. The van der Waals surface area contributed by atoms with Crippen molar-refractivity contribution >= 4 is 6.29 Å². The fraction of sp³-hybridized carbons (Fsp3) is 0.400. The monoisotopic (exact) mass is 193 g/mol. The van der Waals surface area contributed by atoms with Crippen LogP contribution in [0.4, 0.5) is 0 Å². The van der Waals surface area contributed by atoms with E-state index in [0.717, 1.165) is 6.42 Å². The summed E-state index contributed by atoms with van der Waals surface area (Å²) in [7, 11) is 0. The first kappa shape index (κ1) is 9.15. The van der Waals surface area contributed by atoms with E-state index in [-0.39, 0.29) is 17.2 Å². The Kier molecular flexibility index (Phi) is 2.45. The quantitative estimate of drug-likeness (QED) is 0.647. The zero-order valence-electron chi connectivity index (χ0n) is 7.68. The minimum atomic E-state index is -0.224. The molecule has 2 rings (SSSR count). The average Bonchev–Trinajstić information content (AvgIpc) is 2.71. The number of ether oxygens (including phenoxy) is 1. The molecule has 0 aliphatic carbocycles. The second-order valence-electron chi connectivity index (χ2n) is 3.31. The number of rotatable bonds is 2. The molecule has 0 saturated carbocycles. The minimum absolute atomic E-state index is 0.0856. The Morgan fingerprint density at radius 1 is 1.57 bits per heavy atom. The molecule has 74 valence electrons. The first-order valence-corrected chi connectivity index (χ1v) is 4.57. The van der Waals surface area contributed by atoms with Crippen molar-refractivity contribution in [3.63, 3.8) is 0 Å². The molecule has 14 heavy (non-hydrogen) atoms. The molecule has 2 heterocycles. The topological polar surface area (TPSA) is 48.3 Å². The molecule has 0 spiro atoms. The van der Waals surface area contributed by atoms with Gasteiger partial charge in [0.1, 0.15) is 0 Å². The van der Waals surface area contributed by atoms with Gasteiger partial charge in [0, 0.05) is 12.8 Å². The number of aldehydes is 1. The van der Waals surface area contributed by atoms with E-state index in [0.29, 0.717) is 19.5 Å². The fourth-order valence-corrected chi connectivity index (χ4v) is 1.65. The number of nitrogens with zero attached hydrogens (tertiary/aromatic N) is 1. The van der Waals surface area contributed by atoms with E-state index in [1.54, 1.807) is 16.8 Å². The van der Waals surface area contributed by atoms with Crippen molar-refractivity contribution in [1.29, 1.82) is 0 Å². The largest absolute Gasteiger partial charge is 0.379 e. The minimum Gasteiger partial charge on any atom is -0.379 e. The summed E-state index contributed by atoms with van der Waals surface area (Å²) in [5.74, 6) is 0. The molecule has 0 amide bonds. The third-order valence-corrected chi connectivity index (χ3v) is 2.43. The summed E-state index contributed by atoms with van der Waals surface area (Å²) in [6, 6.07) is 3.33. The fourth-order valence-electron chi connectivity index (χ4n) is 1.65. The average molecular weight is 193 g/mol. The van der Waals surface area contributed by atoms with Gasteiger partial charge in [-0.05, 0) is 18.6 Å². The summed E-state index contributed by atoms with van der Waals surface area (Å²) in [6.45, 7) is 1.24. The summed E-state index contributed by atoms with van der Waals surface area (Å²) < 4.78 is 6.77. The lowest BCUT2D eigenvalue weighted by Crippen LogP contribution is -2.26. The predicted molar refractivity (Wildman–Crippen MR) is 50.6 cm³/mol. The van der Waals surface area contributed by atoms with E-state index in [4.69, 9.17) is 4.74 Å². The Bertz CT molecular complexity index is 391. The molecule has 0 aromatic carbocycles. The van der Waals surface area contributed by atoms with E-state index < -0.39 is 0 Å². The molecule has 0 N–H and O–H groups in total. The van der Waals surface area contributed by atoms with Gasteiger partial charge in [-0.15, -0.1) is 0 Å². The molecule has 1 aliphatic rings. The van der Waals surface area contributed by atoms with Crippen molar-refractivity contribution in [3.8, 4) is 0 Å². The standard InChI is InChI=1S/C10H11NO3/c12-6-8-2-1-4-11(10(8)13)9-3-5-14-7-9/h1-2,4,6,9H,3,5,7H2/t9-/m1/s1. The lowest BCUT2D eigenvalue weighted by Gasteiger charge is -2.11. The van der Waals surface area contributed by atoms with Gasteiger partial charge >= 0.3 is 0 Å². The van der Waals surface area contributed by atoms with Gasteiger partial charge in [-0.25, -0.2) is 0 Å². The molecule has 0 radical (unpaired) electrons. The highest BCUT2D eigenvalue weighted by molar-refractivity contribution is 5.73. The Labute approximate surface area is 81.1 Å². The van der Waals surface area contributed by atoms with E-state index in [1.807, 2.05) is 0 Å². The molecule has 1 aromatic rings.